The number of imidazole rings is 1. The zero-order valence-electron chi connectivity index (χ0n) is 10.3. The summed E-state index contributed by atoms with van der Waals surface area (Å²) in [5, 5.41) is -0.613. The number of halogens is 1. The minimum absolute atomic E-state index is 0.0286. The molecular formula is C12H18ClN3O. The van der Waals surface area contributed by atoms with E-state index in [1.165, 1.54) is 0 Å². The van der Waals surface area contributed by atoms with Crippen LogP contribution in [0.4, 0.5) is 0 Å². The van der Waals surface area contributed by atoms with Gasteiger partial charge >= 0.3 is 0 Å². The summed E-state index contributed by atoms with van der Waals surface area (Å²) >= 11 is 6.28. The van der Waals surface area contributed by atoms with Crippen molar-refractivity contribution in [3.8, 4) is 0 Å². The predicted molar refractivity (Wildman–Crippen MR) is 67.0 cm³/mol. The Bertz CT molecular complexity index is 396. The molecule has 1 aromatic rings. The van der Waals surface area contributed by atoms with Crippen molar-refractivity contribution in [1.29, 1.82) is 0 Å². The van der Waals surface area contributed by atoms with Crippen molar-refractivity contribution in [2.45, 2.75) is 38.1 Å². The van der Waals surface area contributed by atoms with E-state index in [4.69, 9.17) is 11.6 Å². The van der Waals surface area contributed by atoms with E-state index in [-0.39, 0.29) is 5.91 Å². The zero-order chi connectivity index (χ0) is 12.4. The van der Waals surface area contributed by atoms with Crippen LogP contribution in [0.2, 0.25) is 0 Å². The molecule has 1 aromatic heterocycles. The maximum Gasteiger partial charge on any atom is 0.246 e. The van der Waals surface area contributed by atoms with Crippen LogP contribution in [0.25, 0.3) is 0 Å². The van der Waals surface area contributed by atoms with Gasteiger partial charge in [0.05, 0.1) is 18.2 Å². The molecule has 1 aliphatic rings. The number of aromatic nitrogens is 2. The second-order valence-electron chi connectivity index (χ2n) is 4.33. The number of hydrogen-bond donors (Lipinski definition) is 0. The van der Waals surface area contributed by atoms with E-state index in [1.54, 1.807) is 17.4 Å². The molecule has 4 nitrogen and oxygen atoms in total. The summed E-state index contributed by atoms with van der Waals surface area (Å²) in [4.78, 5) is 18.0. The Hall–Kier alpha value is -1.03. The summed E-state index contributed by atoms with van der Waals surface area (Å²) in [7, 11) is 0. The Kier molecular flexibility index (Phi) is 3.72. The monoisotopic (exact) mass is 255 g/mol. The predicted octanol–water partition coefficient (Wildman–Crippen LogP) is 2.37. The summed E-state index contributed by atoms with van der Waals surface area (Å²) in [6.07, 6.45) is 5.80. The Labute approximate surface area is 107 Å². The molecular weight excluding hydrogens is 238 g/mol. The van der Waals surface area contributed by atoms with Crippen molar-refractivity contribution in [2.75, 3.05) is 13.1 Å². The van der Waals surface area contributed by atoms with E-state index < -0.39 is 5.38 Å². The molecule has 0 radical (unpaired) electrons. The molecule has 0 saturated heterocycles. The molecule has 94 valence electrons. The fraction of sp³-hybridized carbons (Fsp3) is 0.667. The van der Waals surface area contributed by atoms with Crippen LogP contribution in [0.1, 0.15) is 43.8 Å². The molecule has 0 N–H and O–H groups in total. The first kappa shape index (κ1) is 12.4. The van der Waals surface area contributed by atoms with Crippen molar-refractivity contribution in [2.24, 2.45) is 0 Å². The lowest BCUT2D eigenvalue weighted by molar-refractivity contribution is -0.130. The van der Waals surface area contributed by atoms with E-state index >= 15 is 0 Å². The van der Waals surface area contributed by atoms with Crippen LogP contribution in [-0.2, 0) is 4.79 Å². The molecule has 0 bridgehead atoms. The van der Waals surface area contributed by atoms with E-state index in [0.29, 0.717) is 19.1 Å². The van der Waals surface area contributed by atoms with Crippen LogP contribution in [0.15, 0.2) is 12.5 Å². The van der Waals surface area contributed by atoms with Gasteiger partial charge in [0.15, 0.2) is 5.38 Å². The Morgan fingerprint density at radius 3 is 2.76 bits per heavy atom. The van der Waals surface area contributed by atoms with Gasteiger partial charge in [-0.25, -0.2) is 4.98 Å². The third-order valence-corrected chi connectivity index (χ3v) is 3.60. The molecule has 0 aromatic carbocycles. The van der Waals surface area contributed by atoms with Crippen LogP contribution < -0.4 is 0 Å². The number of rotatable bonds is 5. The first-order valence-corrected chi connectivity index (χ1v) is 6.57. The highest BCUT2D eigenvalue weighted by Gasteiger charge is 2.31. The average Bonchev–Trinajstić information content (AvgIpc) is 3.07. The van der Waals surface area contributed by atoms with Crippen LogP contribution in [0, 0.1) is 0 Å². The Balaban J connectivity index is 2.15. The quantitative estimate of drug-likeness (QED) is 0.758. The van der Waals surface area contributed by atoms with Gasteiger partial charge in [-0.15, -0.1) is 11.6 Å². The first-order valence-electron chi connectivity index (χ1n) is 6.13. The molecule has 17 heavy (non-hydrogen) atoms. The minimum Gasteiger partial charge on any atom is -0.342 e. The number of carbonyl (C=O) groups is 1. The van der Waals surface area contributed by atoms with Crippen LogP contribution in [0.5, 0.6) is 0 Å². The summed E-state index contributed by atoms with van der Waals surface area (Å²) in [5.41, 5.74) is 0.825. The van der Waals surface area contributed by atoms with Crippen molar-refractivity contribution >= 4 is 17.5 Å². The van der Waals surface area contributed by atoms with Crippen molar-refractivity contribution in [3.63, 3.8) is 0 Å². The molecule has 1 saturated carbocycles. The number of amides is 1. The van der Waals surface area contributed by atoms with Crippen molar-refractivity contribution in [1.82, 2.24) is 14.5 Å². The third-order valence-electron chi connectivity index (χ3n) is 3.19. The normalized spacial score (nSPS) is 16.9. The summed E-state index contributed by atoms with van der Waals surface area (Å²) in [6.45, 7) is 5.30. The van der Waals surface area contributed by atoms with Crippen LogP contribution >= 0.6 is 11.6 Å². The third kappa shape index (κ3) is 2.46. The smallest absolute Gasteiger partial charge is 0.246 e. The maximum atomic E-state index is 12.2. The van der Waals surface area contributed by atoms with Gasteiger partial charge in [-0.05, 0) is 26.7 Å². The van der Waals surface area contributed by atoms with Crippen LogP contribution in [-0.4, -0.2) is 33.4 Å². The molecule has 1 atom stereocenters. The van der Waals surface area contributed by atoms with Gasteiger partial charge in [-0.3, -0.25) is 4.79 Å². The number of carbonyl (C=O) groups excluding carboxylic acids is 1. The SMILES string of the molecule is CCN(CC)C(=O)C(Cl)c1cncn1C1CC1. The van der Waals surface area contributed by atoms with E-state index in [2.05, 4.69) is 4.98 Å². The highest BCUT2D eigenvalue weighted by atomic mass is 35.5. The first-order chi connectivity index (χ1) is 8.19. The lowest BCUT2D eigenvalue weighted by Gasteiger charge is -2.22. The number of nitrogens with zero attached hydrogens (tertiary/aromatic N) is 3. The van der Waals surface area contributed by atoms with E-state index in [0.717, 1.165) is 18.5 Å². The molecule has 0 spiro atoms. The number of hydrogen-bond acceptors (Lipinski definition) is 2. The van der Waals surface area contributed by atoms with Gasteiger partial charge in [0.1, 0.15) is 0 Å². The molecule has 5 heteroatoms. The lowest BCUT2D eigenvalue weighted by Crippen LogP contribution is -2.33. The largest absolute Gasteiger partial charge is 0.342 e. The minimum atomic E-state index is -0.613. The summed E-state index contributed by atoms with van der Waals surface area (Å²) in [5.74, 6) is -0.0286. The molecule has 1 amide bonds. The topological polar surface area (TPSA) is 38.1 Å². The second-order valence-corrected chi connectivity index (χ2v) is 4.77. The standard InChI is InChI=1S/C12H18ClN3O/c1-3-15(4-2)12(17)11(13)10-7-14-8-16(10)9-5-6-9/h7-9,11H,3-6H2,1-2H3. The number of likely N-dealkylation sites (N-methyl/N-ethyl adjacent to an activating group) is 1. The van der Waals surface area contributed by atoms with Crippen LogP contribution in [0.3, 0.4) is 0 Å². The van der Waals surface area contributed by atoms with Crippen molar-refractivity contribution in [3.05, 3.63) is 18.2 Å². The summed E-state index contributed by atoms with van der Waals surface area (Å²) < 4.78 is 2.04. The van der Waals surface area contributed by atoms with Crippen molar-refractivity contribution < 1.29 is 4.79 Å². The maximum absolute atomic E-state index is 12.2. The van der Waals surface area contributed by atoms with E-state index in [1.807, 2.05) is 18.4 Å². The summed E-state index contributed by atoms with van der Waals surface area (Å²) in [6, 6.07) is 0.498. The Morgan fingerprint density at radius 1 is 1.59 bits per heavy atom. The molecule has 1 aliphatic carbocycles. The fourth-order valence-electron chi connectivity index (χ4n) is 1.99. The molecule has 0 aliphatic heterocycles. The van der Waals surface area contributed by atoms with Gasteiger partial charge in [0.2, 0.25) is 5.91 Å². The van der Waals surface area contributed by atoms with E-state index in [9.17, 15) is 4.79 Å². The molecule has 1 unspecified atom stereocenters. The molecule has 2 rings (SSSR count). The number of alkyl halides is 1. The molecule has 1 heterocycles. The second kappa shape index (κ2) is 5.08. The Morgan fingerprint density at radius 2 is 2.24 bits per heavy atom. The van der Waals surface area contributed by atoms with Gasteiger partial charge in [-0.1, -0.05) is 0 Å². The van der Waals surface area contributed by atoms with Gasteiger partial charge in [0.25, 0.3) is 0 Å². The lowest BCUT2D eigenvalue weighted by atomic mass is 10.2. The molecule has 1 fully saturated rings. The zero-order valence-corrected chi connectivity index (χ0v) is 11.0. The van der Waals surface area contributed by atoms with Gasteiger partial charge in [0, 0.05) is 19.1 Å². The van der Waals surface area contributed by atoms with Gasteiger partial charge in [-0.2, -0.15) is 0 Å². The average molecular weight is 256 g/mol. The highest BCUT2D eigenvalue weighted by molar-refractivity contribution is 6.30. The van der Waals surface area contributed by atoms with Gasteiger partial charge < -0.3 is 9.47 Å². The highest BCUT2D eigenvalue weighted by Crippen LogP contribution is 2.38. The fourth-order valence-corrected chi connectivity index (χ4v) is 2.30.